The Bertz CT molecular complexity index is 978. The Balaban J connectivity index is 1.59. The zero-order chi connectivity index (χ0) is 21.0. The van der Waals surface area contributed by atoms with E-state index in [2.05, 4.69) is 5.32 Å². The molecule has 0 bridgehead atoms. The van der Waals surface area contributed by atoms with Gasteiger partial charge in [0.15, 0.2) is 6.10 Å². The minimum Gasteiger partial charge on any atom is -0.452 e. The molecule has 3 rings (SSSR count). The number of ether oxygens (including phenoxy) is 1. The van der Waals surface area contributed by atoms with E-state index in [1.165, 1.54) is 6.92 Å². The van der Waals surface area contributed by atoms with Crippen molar-refractivity contribution in [2.75, 3.05) is 16.8 Å². The van der Waals surface area contributed by atoms with Crippen molar-refractivity contribution in [1.29, 1.82) is 5.26 Å². The van der Waals surface area contributed by atoms with Crippen molar-refractivity contribution >= 4 is 29.2 Å². The van der Waals surface area contributed by atoms with Crippen LogP contribution in [0.5, 0.6) is 0 Å². The molecule has 1 aliphatic rings. The van der Waals surface area contributed by atoms with Gasteiger partial charge in [-0.15, -0.1) is 0 Å². The van der Waals surface area contributed by atoms with Gasteiger partial charge in [-0.1, -0.05) is 29.8 Å². The number of hydrogen-bond donors (Lipinski definition) is 1. The van der Waals surface area contributed by atoms with Gasteiger partial charge >= 0.3 is 5.97 Å². The summed E-state index contributed by atoms with van der Waals surface area (Å²) in [6.45, 7) is 3.63. The smallest absolute Gasteiger partial charge is 0.312 e. The first-order valence-electron chi connectivity index (χ1n) is 9.26. The van der Waals surface area contributed by atoms with Crippen LogP contribution in [0.15, 0.2) is 48.5 Å². The number of nitrogens with zero attached hydrogens (tertiary/aromatic N) is 2. The zero-order valence-electron chi connectivity index (χ0n) is 16.2. The Morgan fingerprint density at radius 1 is 1.21 bits per heavy atom. The average molecular weight is 391 g/mol. The fourth-order valence-corrected chi connectivity index (χ4v) is 3.09. The van der Waals surface area contributed by atoms with E-state index in [9.17, 15) is 14.4 Å². The maximum atomic E-state index is 12.5. The second-order valence-electron chi connectivity index (χ2n) is 6.97. The van der Waals surface area contributed by atoms with Crippen molar-refractivity contribution in [2.45, 2.75) is 26.4 Å². The second kappa shape index (κ2) is 8.57. The maximum Gasteiger partial charge on any atom is 0.312 e. The SMILES string of the molecule is Cc1ccc(N2C[C@@H](C(=O)O[C@H](C)C(=O)Nc3ccccc3C#N)CC2=O)cc1. The Morgan fingerprint density at radius 2 is 1.90 bits per heavy atom. The van der Waals surface area contributed by atoms with Crippen molar-refractivity contribution < 1.29 is 19.1 Å². The third-order valence-corrected chi connectivity index (χ3v) is 4.77. The number of aryl methyl sites for hydroxylation is 1. The first kappa shape index (κ1) is 20.1. The molecule has 2 aromatic rings. The largest absolute Gasteiger partial charge is 0.452 e. The van der Waals surface area contributed by atoms with Crippen molar-refractivity contribution in [3.63, 3.8) is 0 Å². The molecule has 2 amide bonds. The Hall–Kier alpha value is -3.66. The van der Waals surface area contributed by atoms with Crippen molar-refractivity contribution in [2.24, 2.45) is 5.92 Å². The summed E-state index contributed by atoms with van der Waals surface area (Å²) in [7, 11) is 0. The predicted octanol–water partition coefficient (Wildman–Crippen LogP) is 2.79. The first-order chi connectivity index (χ1) is 13.9. The Labute approximate surface area is 168 Å². The maximum absolute atomic E-state index is 12.5. The lowest BCUT2D eigenvalue weighted by molar-refractivity contribution is -0.157. The molecule has 0 saturated carbocycles. The summed E-state index contributed by atoms with van der Waals surface area (Å²) in [5, 5.41) is 11.7. The standard InChI is InChI=1S/C22H21N3O4/c1-14-7-9-18(10-8-14)25-13-17(11-20(25)26)22(28)29-15(2)21(27)24-19-6-4-3-5-16(19)12-23/h3-10,15,17H,11,13H2,1-2H3,(H,24,27)/t15-,17+/m1/s1. The van der Waals surface area contributed by atoms with Crippen LogP contribution in [0.4, 0.5) is 11.4 Å². The number of hydrogen-bond acceptors (Lipinski definition) is 5. The van der Waals surface area contributed by atoms with Gasteiger partial charge in [-0.3, -0.25) is 14.4 Å². The summed E-state index contributed by atoms with van der Waals surface area (Å²) in [5.41, 5.74) is 2.47. The number of benzene rings is 2. The molecule has 0 unspecified atom stereocenters. The molecule has 0 spiro atoms. The fraction of sp³-hybridized carbons (Fsp3) is 0.273. The average Bonchev–Trinajstić information content (AvgIpc) is 3.10. The minimum absolute atomic E-state index is 0.0400. The van der Waals surface area contributed by atoms with Gasteiger partial charge in [0.05, 0.1) is 17.2 Å². The molecule has 29 heavy (non-hydrogen) atoms. The van der Waals surface area contributed by atoms with E-state index in [4.69, 9.17) is 10.00 Å². The van der Waals surface area contributed by atoms with E-state index in [1.54, 1.807) is 29.2 Å². The highest BCUT2D eigenvalue weighted by Crippen LogP contribution is 2.26. The minimum atomic E-state index is -1.06. The van der Waals surface area contributed by atoms with Gasteiger partial charge in [-0.2, -0.15) is 5.26 Å². The predicted molar refractivity (Wildman–Crippen MR) is 107 cm³/mol. The number of nitriles is 1. The molecule has 2 aromatic carbocycles. The lowest BCUT2D eigenvalue weighted by Gasteiger charge is -2.18. The quantitative estimate of drug-likeness (QED) is 0.790. The number of nitrogens with one attached hydrogen (secondary N) is 1. The van der Waals surface area contributed by atoms with Crippen LogP contribution >= 0.6 is 0 Å². The number of rotatable bonds is 5. The summed E-state index contributed by atoms with van der Waals surface area (Å²) in [6.07, 6.45) is -1.02. The molecular formula is C22H21N3O4. The van der Waals surface area contributed by atoms with Crippen LogP contribution < -0.4 is 10.2 Å². The van der Waals surface area contributed by atoms with Gasteiger partial charge in [0, 0.05) is 18.7 Å². The summed E-state index contributed by atoms with van der Waals surface area (Å²) < 4.78 is 5.28. The number of amides is 2. The number of esters is 1. The van der Waals surface area contributed by atoms with Crippen LogP contribution in [0.1, 0.15) is 24.5 Å². The van der Waals surface area contributed by atoms with E-state index < -0.39 is 23.9 Å². The number of anilines is 2. The summed E-state index contributed by atoms with van der Waals surface area (Å²) in [5.74, 6) is -1.92. The lowest BCUT2D eigenvalue weighted by Crippen LogP contribution is -2.33. The monoisotopic (exact) mass is 391 g/mol. The van der Waals surface area contributed by atoms with Crippen LogP contribution in [0, 0.1) is 24.2 Å². The molecule has 1 saturated heterocycles. The Kier molecular flexibility index (Phi) is 5.93. The van der Waals surface area contributed by atoms with E-state index in [-0.39, 0.29) is 18.9 Å². The third-order valence-electron chi connectivity index (χ3n) is 4.77. The van der Waals surface area contributed by atoms with Crippen molar-refractivity contribution in [1.82, 2.24) is 0 Å². The fourth-order valence-electron chi connectivity index (χ4n) is 3.09. The molecule has 148 valence electrons. The molecule has 7 heteroatoms. The topological polar surface area (TPSA) is 99.5 Å². The highest BCUT2D eigenvalue weighted by Gasteiger charge is 2.37. The number of carbonyl (C=O) groups is 3. The van der Waals surface area contributed by atoms with E-state index >= 15 is 0 Å². The summed E-state index contributed by atoms with van der Waals surface area (Å²) in [6, 6.07) is 16.0. The highest BCUT2D eigenvalue weighted by molar-refractivity contribution is 6.00. The van der Waals surface area contributed by atoms with Crippen LogP contribution in [-0.2, 0) is 19.1 Å². The van der Waals surface area contributed by atoms with Crippen molar-refractivity contribution in [3.8, 4) is 6.07 Å². The number of para-hydroxylation sites is 1. The third kappa shape index (κ3) is 4.61. The van der Waals surface area contributed by atoms with E-state index in [1.807, 2.05) is 37.3 Å². The summed E-state index contributed by atoms with van der Waals surface area (Å²) in [4.78, 5) is 38.7. The van der Waals surface area contributed by atoms with Gasteiger partial charge in [0.1, 0.15) is 6.07 Å². The highest BCUT2D eigenvalue weighted by atomic mass is 16.5. The molecule has 0 aliphatic carbocycles. The van der Waals surface area contributed by atoms with E-state index in [0.29, 0.717) is 11.3 Å². The normalized spacial score (nSPS) is 16.8. The second-order valence-corrected chi connectivity index (χ2v) is 6.97. The van der Waals surface area contributed by atoms with E-state index in [0.717, 1.165) is 11.3 Å². The molecule has 0 radical (unpaired) electrons. The Morgan fingerprint density at radius 3 is 2.59 bits per heavy atom. The zero-order valence-corrected chi connectivity index (χ0v) is 16.2. The van der Waals surface area contributed by atoms with Crippen LogP contribution in [0.3, 0.4) is 0 Å². The van der Waals surface area contributed by atoms with Gasteiger partial charge in [0.25, 0.3) is 5.91 Å². The van der Waals surface area contributed by atoms with Gasteiger partial charge in [0.2, 0.25) is 5.91 Å². The molecule has 2 atom stereocenters. The van der Waals surface area contributed by atoms with Crippen LogP contribution in [0.25, 0.3) is 0 Å². The molecular weight excluding hydrogens is 370 g/mol. The van der Waals surface area contributed by atoms with Crippen molar-refractivity contribution in [3.05, 3.63) is 59.7 Å². The molecule has 0 aromatic heterocycles. The van der Waals surface area contributed by atoms with Crippen LogP contribution in [0.2, 0.25) is 0 Å². The molecule has 1 heterocycles. The van der Waals surface area contributed by atoms with Gasteiger partial charge in [-0.25, -0.2) is 0 Å². The van der Waals surface area contributed by atoms with Crippen LogP contribution in [-0.4, -0.2) is 30.4 Å². The molecule has 1 aliphatic heterocycles. The lowest BCUT2D eigenvalue weighted by atomic mass is 10.1. The molecule has 7 nitrogen and oxygen atoms in total. The first-order valence-corrected chi connectivity index (χ1v) is 9.26. The summed E-state index contributed by atoms with van der Waals surface area (Å²) >= 11 is 0. The molecule has 1 fully saturated rings. The number of carbonyl (C=O) groups excluding carboxylic acids is 3. The van der Waals surface area contributed by atoms with Gasteiger partial charge in [-0.05, 0) is 38.1 Å². The molecule has 1 N–H and O–H groups in total. The van der Waals surface area contributed by atoms with Gasteiger partial charge < -0.3 is 15.0 Å².